The Labute approximate surface area is 56.0 Å². The summed E-state index contributed by atoms with van der Waals surface area (Å²) in [5, 5.41) is 8.91. The average Bonchev–Trinajstić information content (AvgIpc) is 1.69. The van der Waals surface area contributed by atoms with E-state index in [0.29, 0.717) is 0 Å². The zero-order valence-corrected chi connectivity index (χ0v) is 5.77. The molecule has 1 saturated carbocycles. The van der Waals surface area contributed by atoms with Crippen LogP contribution >= 0.6 is 0 Å². The first kappa shape index (κ1) is 11.6. The first-order chi connectivity index (χ1) is 3.39. The first-order valence-corrected chi connectivity index (χ1v) is 3.07. The molecule has 58 valence electrons. The van der Waals surface area contributed by atoms with E-state index in [9.17, 15) is 0 Å². The van der Waals surface area contributed by atoms with Crippen molar-refractivity contribution in [2.45, 2.75) is 38.2 Å². The van der Waals surface area contributed by atoms with Gasteiger partial charge in [0.2, 0.25) is 0 Å². The van der Waals surface area contributed by atoms with Gasteiger partial charge < -0.3 is 16.7 Å². The van der Waals surface area contributed by atoms with Crippen LogP contribution in [-0.2, 0) is 0 Å². The first-order valence-electron chi connectivity index (χ1n) is 3.07. The van der Waals surface area contributed by atoms with E-state index in [4.69, 9.17) is 5.11 Å². The Morgan fingerprint density at radius 1 is 1.00 bits per heavy atom. The van der Waals surface area contributed by atoms with E-state index in [-0.39, 0.29) is 17.7 Å². The molecular formula is C6H17NO2. The minimum absolute atomic E-state index is 0. The number of hydrogen-bond donors (Lipinski definition) is 2. The van der Waals surface area contributed by atoms with Gasteiger partial charge in [-0.3, -0.25) is 0 Å². The molecule has 0 unspecified atom stereocenters. The van der Waals surface area contributed by atoms with Gasteiger partial charge in [-0.25, -0.2) is 0 Å². The molecule has 0 spiro atoms. The summed E-state index contributed by atoms with van der Waals surface area (Å²) in [4.78, 5) is 0. The Balaban J connectivity index is 0. The second kappa shape index (κ2) is 6.01. The van der Waals surface area contributed by atoms with Crippen LogP contribution in [0.15, 0.2) is 0 Å². The van der Waals surface area contributed by atoms with Crippen LogP contribution in [0.4, 0.5) is 0 Å². The molecule has 0 aromatic carbocycles. The van der Waals surface area contributed by atoms with Crippen LogP contribution in [0.3, 0.4) is 0 Å². The molecule has 0 atom stereocenters. The number of aliphatic hydroxyl groups is 1. The van der Waals surface area contributed by atoms with Gasteiger partial charge >= 0.3 is 0 Å². The predicted molar refractivity (Wildman–Crippen MR) is 37.7 cm³/mol. The van der Waals surface area contributed by atoms with Gasteiger partial charge in [0.05, 0.1) is 6.10 Å². The van der Waals surface area contributed by atoms with Gasteiger partial charge in [-0.2, -0.15) is 0 Å². The topological polar surface area (TPSA) is 86.7 Å². The largest absolute Gasteiger partial charge is 0.412 e. The van der Waals surface area contributed by atoms with Gasteiger partial charge in [-0.15, -0.1) is 0 Å². The maximum Gasteiger partial charge on any atom is 0.0540 e. The van der Waals surface area contributed by atoms with Crippen LogP contribution in [0, 0.1) is 0 Å². The highest BCUT2D eigenvalue weighted by molar-refractivity contribution is 4.61. The zero-order valence-electron chi connectivity index (χ0n) is 5.77. The second-order valence-corrected chi connectivity index (χ2v) is 2.29. The molecule has 0 radical (unpaired) electrons. The lowest BCUT2D eigenvalue weighted by atomic mass is 9.98. The maximum absolute atomic E-state index is 8.91. The van der Waals surface area contributed by atoms with Crippen molar-refractivity contribution in [2.24, 2.45) is 0 Å². The summed E-state index contributed by atoms with van der Waals surface area (Å²) in [6, 6.07) is 0. The molecule has 1 aliphatic rings. The summed E-state index contributed by atoms with van der Waals surface area (Å²) >= 11 is 0. The lowest BCUT2D eigenvalue weighted by molar-refractivity contribution is 0.130. The molecule has 0 saturated heterocycles. The predicted octanol–water partition coefficient (Wildman–Crippen LogP) is 0.649. The molecule has 0 aromatic heterocycles. The third kappa shape index (κ3) is 4.39. The molecule has 1 aliphatic carbocycles. The molecular weight excluding hydrogens is 118 g/mol. The third-order valence-electron chi connectivity index (χ3n) is 1.57. The number of hydrogen-bond acceptors (Lipinski definition) is 2. The van der Waals surface area contributed by atoms with Gasteiger partial charge in [0.15, 0.2) is 0 Å². The van der Waals surface area contributed by atoms with E-state index >= 15 is 0 Å². The molecule has 3 heteroatoms. The van der Waals surface area contributed by atoms with Crippen molar-refractivity contribution in [1.82, 2.24) is 6.15 Å². The van der Waals surface area contributed by atoms with Gasteiger partial charge in [0, 0.05) is 0 Å². The Morgan fingerprint density at radius 3 is 1.67 bits per heavy atom. The van der Waals surface area contributed by atoms with Gasteiger partial charge in [0.25, 0.3) is 0 Å². The lowest BCUT2D eigenvalue weighted by Gasteiger charge is -2.14. The average molecular weight is 135 g/mol. The van der Waals surface area contributed by atoms with Crippen molar-refractivity contribution < 1.29 is 10.6 Å². The second-order valence-electron chi connectivity index (χ2n) is 2.29. The molecule has 3 nitrogen and oxygen atoms in total. The molecule has 0 heterocycles. The minimum atomic E-state index is 0. The van der Waals surface area contributed by atoms with Gasteiger partial charge in [-0.05, 0) is 12.8 Å². The Hall–Kier alpha value is -0.120. The smallest absolute Gasteiger partial charge is 0.0540 e. The quantitative estimate of drug-likeness (QED) is 0.510. The SMILES string of the molecule is N.O.OC1CCCCC1. The van der Waals surface area contributed by atoms with Crippen molar-refractivity contribution in [3.63, 3.8) is 0 Å². The summed E-state index contributed by atoms with van der Waals surface area (Å²) in [6.45, 7) is 0. The van der Waals surface area contributed by atoms with E-state index in [1.54, 1.807) is 0 Å². The highest BCUT2D eigenvalue weighted by Gasteiger charge is 2.07. The fourth-order valence-electron chi connectivity index (χ4n) is 1.08. The number of aliphatic hydroxyl groups excluding tert-OH is 1. The molecule has 6 N–H and O–H groups in total. The van der Waals surface area contributed by atoms with Crippen molar-refractivity contribution in [1.29, 1.82) is 0 Å². The van der Waals surface area contributed by atoms with Gasteiger partial charge in [-0.1, -0.05) is 19.3 Å². The normalized spacial score (nSPS) is 19.7. The van der Waals surface area contributed by atoms with Crippen LogP contribution < -0.4 is 6.15 Å². The van der Waals surface area contributed by atoms with Gasteiger partial charge in [0.1, 0.15) is 0 Å². The standard InChI is InChI=1S/C6H12O.H3N.H2O/c7-6-4-2-1-3-5-6;;/h6-7H,1-5H2;1H3;1H2. The molecule has 0 aromatic rings. The summed E-state index contributed by atoms with van der Waals surface area (Å²) < 4.78 is 0. The van der Waals surface area contributed by atoms with Crippen LogP contribution in [0.25, 0.3) is 0 Å². The van der Waals surface area contributed by atoms with E-state index in [1.807, 2.05) is 0 Å². The van der Waals surface area contributed by atoms with Crippen LogP contribution in [-0.4, -0.2) is 16.7 Å². The molecule has 1 rings (SSSR count). The van der Waals surface area contributed by atoms with Crippen molar-refractivity contribution in [2.75, 3.05) is 0 Å². The monoisotopic (exact) mass is 135 g/mol. The lowest BCUT2D eigenvalue weighted by Crippen LogP contribution is -2.09. The molecule has 0 aliphatic heterocycles. The van der Waals surface area contributed by atoms with Crippen molar-refractivity contribution >= 4 is 0 Å². The van der Waals surface area contributed by atoms with Crippen molar-refractivity contribution in [3.05, 3.63) is 0 Å². The molecule has 1 fully saturated rings. The highest BCUT2D eigenvalue weighted by atomic mass is 16.3. The van der Waals surface area contributed by atoms with Crippen LogP contribution in [0.1, 0.15) is 32.1 Å². The Bertz CT molecular complexity index is 53.0. The molecule has 9 heavy (non-hydrogen) atoms. The van der Waals surface area contributed by atoms with Crippen LogP contribution in [0.5, 0.6) is 0 Å². The Morgan fingerprint density at radius 2 is 1.44 bits per heavy atom. The summed E-state index contributed by atoms with van der Waals surface area (Å²) in [6.07, 6.45) is 5.92. The van der Waals surface area contributed by atoms with Crippen molar-refractivity contribution in [3.8, 4) is 0 Å². The van der Waals surface area contributed by atoms with E-state index in [0.717, 1.165) is 12.8 Å². The zero-order chi connectivity index (χ0) is 5.11. The highest BCUT2D eigenvalue weighted by Crippen LogP contribution is 2.16. The maximum atomic E-state index is 8.91. The molecule has 0 bridgehead atoms. The third-order valence-corrected chi connectivity index (χ3v) is 1.57. The minimum Gasteiger partial charge on any atom is -0.412 e. The summed E-state index contributed by atoms with van der Waals surface area (Å²) in [7, 11) is 0. The van der Waals surface area contributed by atoms with Crippen LogP contribution in [0.2, 0.25) is 0 Å². The number of rotatable bonds is 0. The summed E-state index contributed by atoms with van der Waals surface area (Å²) in [5.74, 6) is 0. The Kier molecular flexibility index (Phi) is 7.77. The fraction of sp³-hybridized carbons (Fsp3) is 1.00. The van der Waals surface area contributed by atoms with E-state index in [1.165, 1.54) is 19.3 Å². The molecule has 0 amide bonds. The van der Waals surface area contributed by atoms with E-state index in [2.05, 4.69) is 0 Å². The fourth-order valence-corrected chi connectivity index (χ4v) is 1.08. The van der Waals surface area contributed by atoms with E-state index < -0.39 is 0 Å². The summed E-state index contributed by atoms with van der Waals surface area (Å²) in [5.41, 5.74) is 0.